The maximum absolute atomic E-state index is 12.2. The van der Waals surface area contributed by atoms with E-state index in [0.717, 1.165) is 29.4 Å². The highest BCUT2D eigenvalue weighted by molar-refractivity contribution is 9.10. The predicted molar refractivity (Wildman–Crippen MR) is 97.5 cm³/mol. The van der Waals surface area contributed by atoms with Crippen molar-refractivity contribution in [2.45, 2.75) is 43.1 Å². The zero-order valence-electron chi connectivity index (χ0n) is 13.4. The second-order valence-corrected chi connectivity index (χ2v) is 8.26. The van der Waals surface area contributed by atoms with E-state index >= 15 is 0 Å². The quantitative estimate of drug-likeness (QED) is 0.651. The van der Waals surface area contributed by atoms with Crippen molar-refractivity contribution in [1.29, 1.82) is 0 Å². The van der Waals surface area contributed by atoms with Crippen LogP contribution in [0.25, 0.3) is 0 Å². The van der Waals surface area contributed by atoms with Gasteiger partial charge in [-0.1, -0.05) is 22.0 Å². The highest BCUT2D eigenvalue weighted by Crippen LogP contribution is 2.39. The summed E-state index contributed by atoms with van der Waals surface area (Å²) in [5.74, 6) is 0.339. The lowest BCUT2D eigenvalue weighted by Gasteiger charge is -2.52. The molecule has 5 unspecified atom stereocenters. The number of hydrogen-bond donors (Lipinski definition) is 3. The van der Waals surface area contributed by atoms with Crippen molar-refractivity contribution in [2.24, 2.45) is 5.92 Å². The molecule has 3 N–H and O–H groups in total. The second kappa shape index (κ2) is 6.37. The van der Waals surface area contributed by atoms with Crippen LogP contribution in [0.3, 0.4) is 0 Å². The molecule has 1 saturated carbocycles. The van der Waals surface area contributed by atoms with Crippen LogP contribution in [0.2, 0.25) is 0 Å². The van der Waals surface area contributed by atoms with E-state index in [1.807, 2.05) is 17.0 Å². The van der Waals surface area contributed by atoms with E-state index in [2.05, 4.69) is 56.2 Å². The molecule has 0 aromatic heterocycles. The zero-order valence-corrected chi connectivity index (χ0v) is 15.7. The van der Waals surface area contributed by atoms with E-state index in [4.69, 9.17) is 11.6 Å². The summed E-state index contributed by atoms with van der Waals surface area (Å²) in [4.78, 5) is 16.4. The van der Waals surface area contributed by atoms with E-state index < -0.39 is 0 Å². The Hall–Kier alpha value is -1.02. The summed E-state index contributed by atoms with van der Waals surface area (Å²) in [6, 6.07) is 8.35. The molecule has 130 valence electrons. The third-order valence-electron chi connectivity index (χ3n) is 5.36. The van der Waals surface area contributed by atoms with Crippen LogP contribution in [0, 0.1) is 5.92 Å². The van der Waals surface area contributed by atoms with Gasteiger partial charge in [0.05, 0.1) is 6.17 Å². The molecule has 1 aliphatic carbocycles. The van der Waals surface area contributed by atoms with Crippen LogP contribution in [-0.4, -0.2) is 41.9 Å². The molecule has 5 atom stereocenters. The van der Waals surface area contributed by atoms with Crippen molar-refractivity contribution in [2.75, 3.05) is 11.9 Å². The SMILES string of the molecule is CN(c1cccc(Br)c1)C1NC2NNC(=O)N2C2CC(Cl)CCC12. The summed E-state index contributed by atoms with van der Waals surface area (Å²) in [6.07, 6.45) is 2.75. The third kappa shape index (κ3) is 2.77. The number of nitrogens with one attached hydrogen (secondary N) is 3. The van der Waals surface area contributed by atoms with Crippen LogP contribution in [0.4, 0.5) is 10.5 Å². The minimum absolute atomic E-state index is 0.0724. The Balaban J connectivity index is 1.64. The molecule has 1 aromatic rings. The molecule has 2 saturated heterocycles. The van der Waals surface area contributed by atoms with Gasteiger partial charge in [-0.25, -0.2) is 4.79 Å². The number of urea groups is 1. The Labute approximate surface area is 155 Å². The van der Waals surface area contributed by atoms with Crippen LogP contribution in [0.1, 0.15) is 19.3 Å². The molecular formula is C16H21BrClN5O. The fourth-order valence-electron chi connectivity index (χ4n) is 4.19. The number of nitrogens with zero attached hydrogens (tertiary/aromatic N) is 2. The monoisotopic (exact) mass is 413 g/mol. The molecule has 24 heavy (non-hydrogen) atoms. The number of hydrogen-bond acceptors (Lipinski definition) is 4. The zero-order chi connectivity index (χ0) is 16.8. The summed E-state index contributed by atoms with van der Waals surface area (Å²) >= 11 is 9.97. The van der Waals surface area contributed by atoms with Crippen molar-refractivity contribution in [3.05, 3.63) is 28.7 Å². The van der Waals surface area contributed by atoms with Crippen LogP contribution in [0.15, 0.2) is 28.7 Å². The number of fused-ring (bicyclic) bond motifs is 3. The van der Waals surface area contributed by atoms with Gasteiger partial charge in [-0.05, 0) is 37.5 Å². The maximum atomic E-state index is 12.2. The van der Waals surface area contributed by atoms with Gasteiger partial charge in [0.25, 0.3) is 0 Å². The van der Waals surface area contributed by atoms with Gasteiger partial charge in [0.1, 0.15) is 0 Å². The molecule has 8 heteroatoms. The van der Waals surface area contributed by atoms with Crippen molar-refractivity contribution in [1.82, 2.24) is 21.1 Å². The van der Waals surface area contributed by atoms with Crippen molar-refractivity contribution in [3.63, 3.8) is 0 Å². The van der Waals surface area contributed by atoms with Gasteiger partial charge in [0.15, 0.2) is 6.29 Å². The van der Waals surface area contributed by atoms with Crippen LogP contribution >= 0.6 is 27.5 Å². The number of amides is 2. The van der Waals surface area contributed by atoms with Crippen LogP contribution in [-0.2, 0) is 0 Å². The summed E-state index contributed by atoms with van der Waals surface area (Å²) < 4.78 is 1.06. The molecule has 0 bridgehead atoms. The van der Waals surface area contributed by atoms with Gasteiger partial charge in [0.2, 0.25) is 0 Å². The lowest BCUT2D eigenvalue weighted by Crippen LogP contribution is -2.70. The van der Waals surface area contributed by atoms with Gasteiger partial charge in [-0.3, -0.25) is 15.6 Å². The van der Waals surface area contributed by atoms with E-state index in [1.165, 1.54) is 0 Å². The van der Waals surface area contributed by atoms with Crippen molar-refractivity contribution < 1.29 is 4.79 Å². The van der Waals surface area contributed by atoms with Crippen LogP contribution < -0.4 is 21.1 Å². The number of carbonyl (C=O) groups excluding carboxylic acids is 1. The fraction of sp³-hybridized carbons (Fsp3) is 0.562. The normalized spacial score (nSPS) is 35.2. The van der Waals surface area contributed by atoms with Crippen LogP contribution in [0.5, 0.6) is 0 Å². The molecule has 0 radical (unpaired) electrons. The van der Waals surface area contributed by atoms with Crippen molar-refractivity contribution in [3.8, 4) is 0 Å². The maximum Gasteiger partial charge on any atom is 0.334 e. The molecule has 2 heterocycles. The first kappa shape index (κ1) is 16.4. The number of anilines is 1. The summed E-state index contributed by atoms with van der Waals surface area (Å²) in [5, 5.41) is 3.71. The van der Waals surface area contributed by atoms with E-state index in [0.29, 0.717) is 5.92 Å². The number of rotatable bonds is 2. The standard InChI is InChI=1S/C16H21BrClN5O/c1-22(11-4-2-3-9(17)7-11)14-12-6-5-10(18)8-13(12)23-15(19-14)20-21-16(23)24/h2-4,7,10,12-15,19-20H,5-6,8H2,1H3,(H,21,24). The highest BCUT2D eigenvalue weighted by atomic mass is 79.9. The van der Waals surface area contributed by atoms with Gasteiger partial charge in [-0.15, -0.1) is 11.6 Å². The topological polar surface area (TPSA) is 59.6 Å². The Morgan fingerprint density at radius 1 is 1.38 bits per heavy atom. The molecule has 2 aliphatic heterocycles. The number of halogens is 2. The molecular weight excluding hydrogens is 394 g/mol. The molecule has 4 rings (SSSR count). The summed E-state index contributed by atoms with van der Waals surface area (Å²) in [5.41, 5.74) is 6.90. The summed E-state index contributed by atoms with van der Waals surface area (Å²) in [6.45, 7) is 0. The number of hydrazine groups is 1. The predicted octanol–water partition coefficient (Wildman–Crippen LogP) is 2.40. The number of carbonyl (C=O) groups is 1. The van der Waals surface area contributed by atoms with Gasteiger partial charge < -0.3 is 4.90 Å². The minimum atomic E-state index is -0.208. The first-order valence-corrected chi connectivity index (χ1v) is 9.50. The van der Waals surface area contributed by atoms with Gasteiger partial charge in [-0.2, -0.15) is 5.43 Å². The largest absolute Gasteiger partial charge is 0.359 e. The molecule has 0 spiro atoms. The molecule has 2 amide bonds. The third-order valence-corrected chi connectivity index (χ3v) is 6.25. The number of alkyl halides is 1. The first-order valence-electron chi connectivity index (χ1n) is 8.27. The Kier molecular flexibility index (Phi) is 4.36. The highest BCUT2D eigenvalue weighted by Gasteiger charge is 2.50. The Morgan fingerprint density at radius 2 is 2.21 bits per heavy atom. The van der Waals surface area contributed by atoms with E-state index in [1.54, 1.807) is 0 Å². The smallest absolute Gasteiger partial charge is 0.334 e. The summed E-state index contributed by atoms with van der Waals surface area (Å²) in [7, 11) is 2.10. The molecule has 3 fully saturated rings. The van der Waals surface area contributed by atoms with Crippen molar-refractivity contribution >= 4 is 39.2 Å². The lowest BCUT2D eigenvalue weighted by atomic mass is 9.79. The van der Waals surface area contributed by atoms with Gasteiger partial charge >= 0.3 is 6.03 Å². The molecule has 6 nitrogen and oxygen atoms in total. The molecule has 1 aromatic carbocycles. The average molecular weight is 415 g/mol. The lowest BCUT2D eigenvalue weighted by molar-refractivity contribution is 0.0208. The fourth-order valence-corrected chi connectivity index (χ4v) is 4.89. The first-order chi connectivity index (χ1) is 11.5. The average Bonchev–Trinajstić information content (AvgIpc) is 2.94. The Morgan fingerprint density at radius 3 is 3.00 bits per heavy atom. The minimum Gasteiger partial charge on any atom is -0.359 e. The van der Waals surface area contributed by atoms with E-state index in [-0.39, 0.29) is 29.9 Å². The Bertz CT molecular complexity index is 647. The second-order valence-electron chi connectivity index (χ2n) is 6.73. The van der Waals surface area contributed by atoms with E-state index in [9.17, 15) is 4.79 Å². The molecule has 3 aliphatic rings. The number of benzene rings is 1. The van der Waals surface area contributed by atoms with Gasteiger partial charge in [0, 0.05) is 34.5 Å².